The van der Waals surface area contributed by atoms with E-state index in [1.807, 2.05) is 0 Å². The summed E-state index contributed by atoms with van der Waals surface area (Å²) in [6.07, 6.45) is 3.12. The lowest BCUT2D eigenvalue weighted by Crippen LogP contribution is -2.02. The number of carboxylic acid groups (broad SMARTS) is 1. The summed E-state index contributed by atoms with van der Waals surface area (Å²) >= 11 is 0. The largest absolute Gasteiger partial charge is 0.478 e. The van der Waals surface area contributed by atoms with Crippen molar-refractivity contribution in [3.05, 3.63) is 47.9 Å². The zero-order chi connectivity index (χ0) is 13.1. The Bertz CT molecular complexity index is 605. The Morgan fingerprint density at radius 1 is 1.33 bits per heavy atom. The third-order valence-electron chi connectivity index (χ3n) is 2.00. The average Bonchev–Trinajstić information content (AvgIpc) is 2.33. The normalized spacial score (nSPS) is 10.1. The second-order valence-corrected chi connectivity index (χ2v) is 3.22. The summed E-state index contributed by atoms with van der Waals surface area (Å²) in [4.78, 5) is 17.9. The number of hydrogen-bond donors (Lipinski definition) is 1. The molecular formula is C11H6F2N2O3. The van der Waals surface area contributed by atoms with E-state index in [1.54, 1.807) is 0 Å². The van der Waals surface area contributed by atoms with E-state index in [0.717, 1.165) is 12.4 Å². The molecule has 2 heterocycles. The van der Waals surface area contributed by atoms with Gasteiger partial charge in [-0.05, 0) is 6.07 Å². The van der Waals surface area contributed by atoms with Gasteiger partial charge in [-0.1, -0.05) is 0 Å². The number of rotatable bonds is 3. The van der Waals surface area contributed by atoms with Gasteiger partial charge < -0.3 is 9.84 Å². The van der Waals surface area contributed by atoms with Gasteiger partial charge in [-0.2, -0.15) is 0 Å². The van der Waals surface area contributed by atoms with Gasteiger partial charge in [-0.25, -0.2) is 18.6 Å². The van der Waals surface area contributed by atoms with Crippen LogP contribution in [0.2, 0.25) is 0 Å². The lowest BCUT2D eigenvalue weighted by molar-refractivity contribution is 0.0693. The van der Waals surface area contributed by atoms with Crippen LogP contribution < -0.4 is 4.74 Å². The first-order valence-electron chi connectivity index (χ1n) is 4.74. The predicted molar refractivity (Wildman–Crippen MR) is 55.4 cm³/mol. The van der Waals surface area contributed by atoms with Crippen LogP contribution >= 0.6 is 0 Å². The van der Waals surface area contributed by atoms with Gasteiger partial charge in [0.2, 0.25) is 0 Å². The first kappa shape index (κ1) is 11.9. The summed E-state index contributed by atoms with van der Waals surface area (Å²) in [5, 5.41) is 8.88. The molecular weight excluding hydrogens is 246 g/mol. The van der Waals surface area contributed by atoms with Crippen molar-refractivity contribution in [1.82, 2.24) is 9.97 Å². The molecule has 0 saturated carbocycles. The average molecular weight is 252 g/mol. The maximum Gasteiger partial charge on any atom is 0.339 e. The minimum Gasteiger partial charge on any atom is -0.478 e. The topological polar surface area (TPSA) is 72.3 Å². The van der Waals surface area contributed by atoms with Gasteiger partial charge in [-0.15, -0.1) is 0 Å². The second kappa shape index (κ2) is 4.74. The monoisotopic (exact) mass is 252 g/mol. The molecule has 0 bridgehead atoms. The van der Waals surface area contributed by atoms with Crippen molar-refractivity contribution < 1.29 is 23.4 Å². The van der Waals surface area contributed by atoms with E-state index in [1.165, 1.54) is 12.3 Å². The molecule has 0 aliphatic carbocycles. The molecule has 0 aliphatic rings. The molecule has 5 nitrogen and oxygen atoms in total. The molecule has 0 aliphatic heterocycles. The summed E-state index contributed by atoms with van der Waals surface area (Å²) in [6.45, 7) is 0. The maximum absolute atomic E-state index is 13.3. The van der Waals surface area contributed by atoms with Crippen molar-refractivity contribution in [3.8, 4) is 11.6 Å². The van der Waals surface area contributed by atoms with Crippen LogP contribution in [-0.4, -0.2) is 21.0 Å². The minimum atomic E-state index is -1.25. The lowest BCUT2D eigenvalue weighted by atomic mass is 10.2. The number of aromatic carboxylic acids is 1. The Morgan fingerprint density at radius 3 is 2.78 bits per heavy atom. The first-order chi connectivity index (χ1) is 8.58. The SMILES string of the molecule is O=C(O)c1ccncc1Oc1ncc(F)cc1F. The van der Waals surface area contributed by atoms with Gasteiger partial charge in [0.15, 0.2) is 11.6 Å². The quantitative estimate of drug-likeness (QED) is 0.906. The summed E-state index contributed by atoms with van der Waals surface area (Å²) in [5.41, 5.74) is -0.199. The highest BCUT2D eigenvalue weighted by molar-refractivity contribution is 5.90. The fourth-order valence-corrected chi connectivity index (χ4v) is 1.22. The molecule has 0 radical (unpaired) electrons. The highest BCUT2D eigenvalue weighted by Gasteiger charge is 2.14. The summed E-state index contributed by atoms with van der Waals surface area (Å²) in [7, 11) is 0. The van der Waals surface area contributed by atoms with Crippen LogP contribution in [0.15, 0.2) is 30.7 Å². The van der Waals surface area contributed by atoms with Crippen molar-refractivity contribution >= 4 is 5.97 Å². The maximum atomic E-state index is 13.3. The van der Waals surface area contributed by atoms with Gasteiger partial charge in [-0.3, -0.25) is 4.98 Å². The molecule has 0 amide bonds. The van der Waals surface area contributed by atoms with Crippen molar-refractivity contribution in [2.75, 3.05) is 0 Å². The van der Waals surface area contributed by atoms with Crippen LogP contribution in [0.4, 0.5) is 8.78 Å². The Labute approximate surface area is 99.7 Å². The number of hydrogen-bond acceptors (Lipinski definition) is 4. The van der Waals surface area contributed by atoms with Crippen molar-refractivity contribution in [1.29, 1.82) is 0 Å². The zero-order valence-corrected chi connectivity index (χ0v) is 8.80. The molecule has 0 fully saturated rings. The summed E-state index contributed by atoms with van der Waals surface area (Å²) in [5.74, 6) is -3.84. The number of pyridine rings is 2. The number of ether oxygens (including phenoxy) is 1. The number of nitrogens with zero attached hydrogens (tertiary/aromatic N) is 2. The lowest BCUT2D eigenvalue weighted by Gasteiger charge is -2.07. The van der Waals surface area contributed by atoms with Crippen LogP contribution in [0.25, 0.3) is 0 Å². The molecule has 0 unspecified atom stereocenters. The molecule has 92 valence electrons. The third-order valence-corrected chi connectivity index (χ3v) is 2.00. The molecule has 2 rings (SSSR count). The Kier molecular flexibility index (Phi) is 3.13. The second-order valence-electron chi connectivity index (χ2n) is 3.22. The van der Waals surface area contributed by atoms with Crippen LogP contribution in [-0.2, 0) is 0 Å². The van der Waals surface area contributed by atoms with Crippen molar-refractivity contribution in [3.63, 3.8) is 0 Å². The number of carboxylic acids is 1. The van der Waals surface area contributed by atoms with Gasteiger partial charge in [0.1, 0.15) is 11.4 Å². The highest BCUT2D eigenvalue weighted by Crippen LogP contribution is 2.25. The number of carbonyl (C=O) groups is 1. The minimum absolute atomic E-state index is 0.178. The Hall–Kier alpha value is -2.57. The van der Waals surface area contributed by atoms with Gasteiger partial charge in [0.05, 0.1) is 12.4 Å². The highest BCUT2D eigenvalue weighted by atomic mass is 19.1. The summed E-state index contributed by atoms with van der Waals surface area (Å²) in [6, 6.07) is 1.78. The molecule has 0 atom stereocenters. The number of halogens is 2. The smallest absolute Gasteiger partial charge is 0.339 e. The molecule has 0 saturated heterocycles. The van der Waals surface area contributed by atoms with Crippen molar-refractivity contribution in [2.24, 2.45) is 0 Å². The van der Waals surface area contributed by atoms with E-state index >= 15 is 0 Å². The predicted octanol–water partition coefficient (Wildman–Crippen LogP) is 2.25. The van der Waals surface area contributed by atoms with Crippen LogP contribution in [0.5, 0.6) is 11.6 Å². The summed E-state index contributed by atoms with van der Waals surface area (Å²) < 4.78 is 30.9. The van der Waals surface area contributed by atoms with Crippen LogP contribution in [0.3, 0.4) is 0 Å². The molecule has 2 aromatic heterocycles. The first-order valence-corrected chi connectivity index (χ1v) is 4.74. The van der Waals surface area contributed by atoms with E-state index in [-0.39, 0.29) is 11.3 Å². The van der Waals surface area contributed by atoms with Crippen molar-refractivity contribution in [2.45, 2.75) is 0 Å². The van der Waals surface area contributed by atoms with Crippen LogP contribution in [0, 0.1) is 11.6 Å². The van der Waals surface area contributed by atoms with Gasteiger partial charge >= 0.3 is 5.97 Å². The Morgan fingerprint density at radius 2 is 2.11 bits per heavy atom. The fraction of sp³-hybridized carbons (Fsp3) is 0. The van der Waals surface area contributed by atoms with E-state index in [4.69, 9.17) is 9.84 Å². The zero-order valence-electron chi connectivity index (χ0n) is 8.80. The van der Waals surface area contributed by atoms with E-state index in [2.05, 4.69) is 9.97 Å². The molecule has 1 N–H and O–H groups in total. The van der Waals surface area contributed by atoms with E-state index < -0.39 is 23.5 Å². The molecule has 0 spiro atoms. The Balaban J connectivity index is 2.37. The van der Waals surface area contributed by atoms with Gasteiger partial charge in [0, 0.05) is 12.3 Å². The van der Waals surface area contributed by atoms with E-state index in [9.17, 15) is 13.6 Å². The van der Waals surface area contributed by atoms with Crippen LogP contribution in [0.1, 0.15) is 10.4 Å². The molecule has 0 aromatic carbocycles. The standard InChI is InChI=1S/C11H6F2N2O3/c12-6-3-8(13)10(15-4-6)18-9-5-14-2-1-7(9)11(16)17/h1-5H,(H,16,17). The molecule has 18 heavy (non-hydrogen) atoms. The van der Waals surface area contributed by atoms with Gasteiger partial charge in [0.25, 0.3) is 5.88 Å². The fourth-order valence-electron chi connectivity index (χ4n) is 1.22. The van der Waals surface area contributed by atoms with E-state index in [0.29, 0.717) is 6.07 Å². The third kappa shape index (κ3) is 2.40. The number of aromatic nitrogens is 2. The molecule has 7 heteroatoms. The molecule has 2 aromatic rings.